The molecule has 0 spiro atoms. The van der Waals surface area contributed by atoms with Crippen LogP contribution >= 0.6 is 0 Å². The molecule has 1 amide bonds. The lowest BCUT2D eigenvalue weighted by molar-refractivity contribution is -0.125. The zero-order valence-electron chi connectivity index (χ0n) is 17.9. The van der Waals surface area contributed by atoms with Gasteiger partial charge in [-0.15, -0.1) is 0 Å². The van der Waals surface area contributed by atoms with Crippen molar-refractivity contribution < 1.29 is 24.2 Å². The van der Waals surface area contributed by atoms with Crippen molar-refractivity contribution in [2.75, 3.05) is 38.2 Å². The molecule has 2 heterocycles. The van der Waals surface area contributed by atoms with Crippen molar-refractivity contribution in [3.63, 3.8) is 0 Å². The van der Waals surface area contributed by atoms with E-state index in [0.29, 0.717) is 43.3 Å². The maximum Gasteiger partial charge on any atom is 0.335 e. The van der Waals surface area contributed by atoms with Crippen molar-refractivity contribution in [2.24, 2.45) is 0 Å². The molecule has 7 heteroatoms. The lowest BCUT2D eigenvalue weighted by Gasteiger charge is -2.38. The summed E-state index contributed by atoms with van der Waals surface area (Å²) in [5.74, 6) is 0.391. The molecular formula is C24H26N2O5. The zero-order valence-corrected chi connectivity index (χ0v) is 17.9. The number of hydrogen-bond donors (Lipinski definition) is 1. The van der Waals surface area contributed by atoms with Crippen LogP contribution in [0.1, 0.15) is 29.8 Å². The van der Waals surface area contributed by atoms with Crippen LogP contribution < -0.4 is 14.4 Å². The Labute approximate surface area is 181 Å². The van der Waals surface area contributed by atoms with Gasteiger partial charge in [-0.2, -0.15) is 0 Å². The molecule has 4 rings (SSSR count). The Morgan fingerprint density at radius 3 is 2.32 bits per heavy atom. The van der Waals surface area contributed by atoms with Crippen LogP contribution in [0, 0.1) is 0 Å². The number of benzene rings is 2. The first kappa shape index (κ1) is 20.8. The van der Waals surface area contributed by atoms with Gasteiger partial charge in [0.2, 0.25) is 0 Å². The van der Waals surface area contributed by atoms with Gasteiger partial charge >= 0.3 is 5.97 Å². The van der Waals surface area contributed by atoms with Crippen molar-refractivity contribution in [1.82, 2.24) is 4.90 Å². The second kappa shape index (κ2) is 7.98. The predicted molar refractivity (Wildman–Crippen MR) is 118 cm³/mol. The topological polar surface area (TPSA) is 79.3 Å². The van der Waals surface area contributed by atoms with Gasteiger partial charge in [0, 0.05) is 37.4 Å². The number of carbonyl (C=O) groups is 2. The van der Waals surface area contributed by atoms with Crippen LogP contribution in [0.15, 0.2) is 48.5 Å². The maximum atomic E-state index is 13.4. The maximum absolute atomic E-state index is 13.4. The summed E-state index contributed by atoms with van der Waals surface area (Å²) in [4.78, 5) is 28.5. The molecule has 162 valence electrons. The number of ether oxygens (including phenoxy) is 2. The van der Waals surface area contributed by atoms with Gasteiger partial charge in [0.05, 0.1) is 18.2 Å². The molecule has 0 unspecified atom stereocenters. The average molecular weight is 422 g/mol. The Balaban J connectivity index is 1.50. The number of methoxy groups -OCH3 is 1. The average Bonchev–Trinajstić information content (AvgIpc) is 2.77. The third-order valence-electron chi connectivity index (χ3n) is 5.62. The normalized spacial score (nSPS) is 17.3. The molecule has 2 aliphatic heterocycles. The van der Waals surface area contributed by atoms with Crippen molar-refractivity contribution in [2.45, 2.75) is 19.4 Å². The quantitative estimate of drug-likeness (QED) is 0.815. The molecule has 0 aromatic heterocycles. The molecule has 0 radical (unpaired) electrons. The Morgan fingerprint density at radius 2 is 1.71 bits per heavy atom. The Kier molecular flexibility index (Phi) is 5.35. The van der Waals surface area contributed by atoms with Gasteiger partial charge in [0.15, 0.2) is 0 Å². The van der Waals surface area contributed by atoms with Gasteiger partial charge in [-0.3, -0.25) is 4.79 Å². The molecular weight excluding hydrogens is 396 g/mol. The summed E-state index contributed by atoms with van der Waals surface area (Å²) in [7, 11) is 1.60. The molecule has 0 atom stereocenters. The van der Waals surface area contributed by atoms with Crippen LogP contribution in [0.5, 0.6) is 11.5 Å². The Morgan fingerprint density at radius 1 is 1.03 bits per heavy atom. The van der Waals surface area contributed by atoms with E-state index in [4.69, 9.17) is 14.6 Å². The van der Waals surface area contributed by atoms with Crippen LogP contribution in [0.3, 0.4) is 0 Å². The van der Waals surface area contributed by atoms with E-state index in [1.54, 1.807) is 19.2 Å². The minimum Gasteiger partial charge on any atom is -0.497 e. The number of rotatable bonds is 4. The molecule has 1 fully saturated rings. The lowest BCUT2D eigenvalue weighted by Crippen LogP contribution is -2.49. The lowest BCUT2D eigenvalue weighted by atomic mass is 9.93. The number of carbonyl (C=O) groups excluding carboxylic acids is 1. The van der Waals surface area contributed by atoms with Gasteiger partial charge in [0.25, 0.3) is 5.91 Å². The predicted octanol–water partition coefficient (Wildman–Crippen LogP) is 3.30. The number of piperazine rings is 1. The molecule has 7 nitrogen and oxygen atoms in total. The first-order valence-electron chi connectivity index (χ1n) is 10.3. The van der Waals surface area contributed by atoms with Gasteiger partial charge in [0.1, 0.15) is 17.1 Å². The summed E-state index contributed by atoms with van der Waals surface area (Å²) in [6.45, 7) is 6.39. The summed E-state index contributed by atoms with van der Waals surface area (Å²) in [5, 5.41) is 9.07. The highest BCUT2D eigenvalue weighted by Gasteiger charge is 2.33. The summed E-state index contributed by atoms with van der Waals surface area (Å²) in [5.41, 5.74) is 2.01. The Bertz CT molecular complexity index is 1030. The highest BCUT2D eigenvalue weighted by Crippen LogP contribution is 2.39. The smallest absolute Gasteiger partial charge is 0.335 e. The van der Waals surface area contributed by atoms with Gasteiger partial charge in [-0.05, 0) is 62.4 Å². The van der Waals surface area contributed by atoms with E-state index in [0.717, 1.165) is 11.3 Å². The summed E-state index contributed by atoms with van der Waals surface area (Å²) < 4.78 is 11.4. The van der Waals surface area contributed by atoms with E-state index >= 15 is 0 Å². The van der Waals surface area contributed by atoms with Crippen LogP contribution in [-0.2, 0) is 4.79 Å². The molecule has 0 bridgehead atoms. The molecule has 1 saturated heterocycles. The summed E-state index contributed by atoms with van der Waals surface area (Å²) in [6.07, 6.45) is 1.88. The second-order valence-corrected chi connectivity index (χ2v) is 8.26. The first-order chi connectivity index (χ1) is 14.8. The summed E-state index contributed by atoms with van der Waals surface area (Å²) >= 11 is 0. The zero-order chi connectivity index (χ0) is 22.2. The molecule has 1 N–H and O–H groups in total. The molecule has 2 aliphatic rings. The fourth-order valence-electron chi connectivity index (χ4n) is 4.00. The van der Waals surface area contributed by atoms with Crippen molar-refractivity contribution >= 4 is 23.1 Å². The molecule has 31 heavy (non-hydrogen) atoms. The molecule has 2 aromatic carbocycles. The molecule has 0 saturated carbocycles. The standard InChI is InChI=1S/C24H26N2O5/c1-24(2)15-20(19-14-18(30-3)8-9-21(19)31-24)22(27)26-12-10-25(11-13-26)17-6-4-16(5-7-17)23(28)29/h4-9,14-15H,10-13H2,1-3H3,(H,28,29). The number of carboxylic acid groups (broad SMARTS) is 1. The van der Waals surface area contributed by atoms with Gasteiger partial charge in [-0.1, -0.05) is 0 Å². The van der Waals surface area contributed by atoms with Crippen molar-refractivity contribution in [3.8, 4) is 11.5 Å². The number of fused-ring (bicyclic) bond motifs is 1. The largest absolute Gasteiger partial charge is 0.497 e. The van der Waals surface area contributed by atoms with Crippen LogP contribution in [0.2, 0.25) is 0 Å². The minimum absolute atomic E-state index is 0.0215. The van der Waals surface area contributed by atoms with Crippen molar-refractivity contribution in [3.05, 3.63) is 59.7 Å². The number of aromatic carboxylic acids is 1. The number of amides is 1. The Hall–Kier alpha value is -3.48. The van der Waals surface area contributed by atoms with E-state index in [-0.39, 0.29) is 11.5 Å². The summed E-state index contributed by atoms with van der Waals surface area (Å²) in [6, 6.07) is 12.4. The number of nitrogens with zero attached hydrogens (tertiary/aromatic N) is 2. The monoisotopic (exact) mass is 422 g/mol. The van der Waals surface area contributed by atoms with E-state index < -0.39 is 11.6 Å². The number of carboxylic acids is 1. The van der Waals surface area contributed by atoms with E-state index in [2.05, 4.69) is 4.90 Å². The van der Waals surface area contributed by atoms with E-state index in [1.807, 2.05) is 55.2 Å². The third kappa shape index (κ3) is 4.21. The second-order valence-electron chi connectivity index (χ2n) is 8.26. The van der Waals surface area contributed by atoms with Crippen LogP contribution in [-0.4, -0.2) is 60.8 Å². The van der Waals surface area contributed by atoms with E-state index in [9.17, 15) is 9.59 Å². The van der Waals surface area contributed by atoms with E-state index in [1.165, 1.54) is 0 Å². The third-order valence-corrected chi connectivity index (χ3v) is 5.62. The first-order valence-corrected chi connectivity index (χ1v) is 10.3. The van der Waals surface area contributed by atoms with Crippen LogP contribution in [0.4, 0.5) is 5.69 Å². The highest BCUT2D eigenvalue weighted by molar-refractivity contribution is 6.21. The SMILES string of the molecule is COc1ccc2c(c1)C(C(=O)N1CCN(c3ccc(C(=O)O)cc3)CC1)=CC(C)(C)O2. The number of anilines is 1. The molecule has 0 aliphatic carbocycles. The molecule has 2 aromatic rings. The number of hydrogen-bond acceptors (Lipinski definition) is 5. The van der Waals surface area contributed by atoms with Crippen LogP contribution in [0.25, 0.3) is 5.57 Å². The van der Waals surface area contributed by atoms with Gasteiger partial charge < -0.3 is 24.4 Å². The highest BCUT2D eigenvalue weighted by atomic mass is 16.5. The van der Waals surface area contributed by atoms with Gasteiger partial charge in [-0.25, -0.2) is 4.79 Å². The fraction of sp³-hybridized carbons (Fsp3) is 0.333. The van der Waals surface area contributed by atoms with Crippen molar-refractivity contribution in [1.29, 1.82) is 0 Å². The minimum atomic E-state index is -0.938. The fourth-order valence-corrected chi connectivity index (χ4v) is 4.00.